The fourth-order valence-corrected chi connectivity index (χ4v) is 4.28. The van der Waals surface area contributed by atoms with E-state index in [2.05, 4.69) is 10.2 Å². The average molecular weight is 494 g/mol. The number of amides is 2. The number of benzene rings is 1. The van der Waals surface area contributed by atoms with E-state index in [0.29, 0.717) is 56.4 Å². The van der Waals surface area contributed by atoms with E-state index in [-0.39, 0.29) is 11.8 Å². The summed E-state index contributed by atoms with van der Waals surface area (Å²) in [6.07, 6.45) is -1.71. The van der Waals surface area contributed by atoms with Gasteiger partial charge in [0.1, 0.15) is 6.04 Å². The van der Waals surface area contributed by atoms with Crippen LogP contribution in [0.15, 0.2) is 12.1 Å². The van der Waals surface area contributed by atoms with Crippen LogP contribution in [-0.4, -0.2) is 98.4 Å². The Morgan fingerprint density at radius 3 is 2.09 bits per heavy atom. The average Bonchev–Trinajstić information content (AvgIpc) is 3.64. The molecule has 2 N–H and O–H groups in total. The number of aliphatic carboxylic acids is 1. The van der Waals surface area contributed by atoms with E-state index < -0.39 is 30.1 Å². The predicted molar refractivity (Wildman–Crippen MR) is 126 cm³/mol. The van der Waals surface area contributed by atoms with Gasteiger partial charge in [0, 0.05) is 32.7 Å². The molecule has 0 aromatic heterocycles. The molecule has 0 spiro atoms. The number of carbonyl (C=O) groups excluding carboxylic acids is 2. The molecule has 0 bridgehead atoms. The predicted octanol–water partition coefficient (Wildman–Crippen LogP) is 0.740. The summed E-state index contributed by atoms with van der Waals surface area (Å²) in [5, 5.41) is 11.7. The Morgan fingerprint density at radius 1 is 1.03 bits per heavy atom. The van der Waals surface area contributed by atoms with Gasteiger partial charge in [-0.3, -0.25) is 14.5 Å². The third-order valence-corrected chi connectivity index (χ3v) is 6.13. The molecule has 1 aromatic carbocycles. The van der Waals surface area contributed by atoms with Crippen molar-refractivity contribution in [1.29, 1.82) is 0 Å². The quantitative estimate of drug-likeness (QED) is 0.429. The minimum atomic E-state index is -1.18. The fourth-order valence-electron chi connectivity index (χ4n) is 4.28. The summed E-state index contributed by atoms with van der Waals surface area (Å²) in [7, 11) is 4.72. The number of nitrogens with zero attached hydrogens (tertiary/aromatic N) is 2. The SMILES string of the molecule is COc1cc(CN2CCN(C(=O)C(CC(C)C)NC(=O)C3OC3C(=O)O)CC2)cc(OC)c1OC. The summed E-state index contributed by atoms with van der Waals surface area (Å²) in [6.45, 7) is 6.96. The highest BCUT2D eigenvalue weighted by Gasteiger charge is 2.51. The van der Waals surface area contributed by atoms with Gasteiger partial charge in [0.05, 0.1) is 21.3 Å². The molecule has 2 amide bonds. The van der Waals surface area contributed by atoms with Crippen LogP contribution in [0.2, 0.25) is 0 Å². The maximum Gasteiger partial charge on any atom is 0.336 e. The number of piperazine rings is 1. The number of carbonyl (C=O) groups is 3. The highest BCUT2D eigenvalue weighted by molar-refractivity contribution is 5.95. The van der Waals surface area contributed by atoms with Gasteiger partial charge >= 0.3 is 5.97 Å². The lowest BCUT2D eigenvalue weighted by atomic mass is 10.0. The lowest BCUT2D eigenvalue weighted by molar-refractivity contribution is -0.138. The number of carboxylic acids is 1. The second-order valence-corrected chi connectivity index (χ2v) is 9.14. The number of ether oxygens (including phenoxy) is 4. The van der Waals surface area contributed by atoms with Gasteiger partial charge in [-0.15, -0.1) is 0 Å². The van der Waals surface area contributed by atoms with Crippen LogP contribution in [0, 0.1) is 5.92 Å². The van der Waals surface area contributed by atoms with Crippen LogP contribution in [-0.2, 0) is 25.7 Å². The molecular weight excluding hydrogens is 458 g/mol. The van der Waals surface area contributed by atoms with Crippen molar-refractivity contribution in [2.24, 2.45) is 5.92 Å². The van der Waals surface area contributed by atoms with Gasteiger partial charge in [0.25, 0.3) is 5.91 Å². The smallest absolute Gasteiger partial charge is 0.336 e. The van der Waals surface area contributed by atoms with E-state index in [4.69, 9.17) is 24.1 Å². The molecule has 11 heteroatoms. The minimum Gasteiger partial charge on any atom is -0.493 e. The maximum atomic E-state index is 13.2. The Balaban J connectivity index is 1.58. The lowest BCUT2D eigenvalue weighted by Gasteiger charge is -2.37. The molecule has 0 aliphatic carbocycles. The molecule has 2 aliphatic heterocycles. The fraction of sp³-hybridized carbons (Fsp3) is 0.625. The van der Waals surface area contributed by atoms with Gasteiger partial charge in [-0.05, 0) is 30.0 Å². The first-order chi connectivity index (χ1) is 16.7. The van der Waals surface area contributed by atoms with Crippen LogP contribution < -0.4 is 19.5 Å². The largest absolute Gasteiger partial charge is 0.493 e. The van der Waals surface area contributed by atoms with Crippen molar-refractivity contribution in [3.05, 3.63) is 17.7 Å². The van der Waals surface area contributed by atoms with Gasteiger partial charge < -0.3 is 34.3 Å². The minimum absolute atomic E-state index is 0.160. The molecule has 3 unspecified atom stereocenters. The Hall–Kier alpha value is -3.05. The molecule has 0 radical (unpaired) electrons. The first kappa shape index (κ1) is 26.6. The Bertz CT molecular complexity index is 904. The first-order valence-corrected chi connectivity index (χ1v) is 11.7. The third kappa shape index (κ3) is 6.55. The Kier molecular flexibility index (Phi) is 8.79. The standard InChI is InChI=1S/C24H35N3O8/c1-14(2)10-16(25-22(28)20-21(35-20)24(30)31)23(29)27-8-6-26(7-9-27)13-15-11-17(32-3)19(34-5)18(12-15)33-4/h11-12,14,16,20-21H,6-10,13H2,1-5H3,(H,25,28)(H,30,31). The van der Waals surface area contributed by atoms with Crippen LogP contribution >= 0.6 is 0 Å². The van der Waals surface area contributed by atoms with Crippen molar-refractivity contribution < 1.29 is 38.4 Å². The van der Waals surface area contributed by atoms with Crippen LogP contribution in [0.5, 0.6) is 17.2 Å². The van der Waals surface area contributed by atoms with E-state index in [1.807, 2.05) is 26.0 Å². The number of hydrogen-bond acceptors (Lipinski definition) is 8. The molecule has 2 heterocycles. The van der Waals surface area contributed by atoms with Crippen molar-refractivity contribution in [3.63, 3.8) is 0 Å². The van der Waals surface area contributed by atoms with E-state index in [9.17, 15) is 14.4 Å². The molecule has 2 fully saturated rings. The maximum absolute atomic E-state index is 13.2. The third-order valence-electron chi connectivity index (χ3n) is 6.13. The van der Waals surface area contributed by atoms with Crippen LogP contribution in [0.25, 0.3) is 0 Å². The summed E-state index contributed by atoms with van der Waals surface area (Å²) < 4.78 is 21.2. The monoisotopic (exact) mass is 493 g/mol. The van der Waals surface area contributed by atoms with Crippen molar-refractivity contribution in [3.8, 4) is 17.2 Å². The zero-order valence-corrected chi connectivity index (χ0v) is 20.9. The summed E-state index contributed by atoms with van der Waals surface area (Å²) >= 11 is 0. The highest BCUT2D eigenvalue weighted by atomic mass is 16.6. The summed E-state index contributed by atoms with van der Waals surface area (Å²) in [4.78, 5) is 40.6. The van der Waals surface area contributed by atoms with Gasteiger partial charge in [0.15, 0.2) is 23.7 Å². The normalized spacial score (nSPS) is 20.8. The lowest BCUT2D eigenvalue weighted by Crippen LogP contribution is -2.55. The van der Waals surface area contributed by atoms with Crippen LogP contribution in [0.3, 0.4) is 0 Å². The summed E-state index contributed by atoms with van der Waals surface area (Å²) in [5.41, 5.74) is 1.00. The molecule has 2 saturated heterocycles. The molecule has 11 nitrogen and oxygen atoms in total. The van der Waals surface area contributed by atoms with Crippen molar-refractivity contribution in [2.75, 3.05) is 47.5 Å². The van der Waals surface area contributed by atoms with Crippen molar-refractivity contribution in [1.82, 2.24) is 15.1 Å². The number of methoxy groups -OCH3 is 3. The number of epoxide rings is 1. The molecule has 0 saturated carbocycles. The number of hydrogen-bond donors (Lipinski definition) is 2. The second kappa shape index (κ2) is 11.6. The van der Waals surface area contributed by atoms with E-state index >= 15 is 0 Å². The zero-order valence-electron chi connectivity index (χ0n) is 20.9. The van der Waals surface area contributed by atoms with Crippen LogP contribution in [0.4, 0.5) is 0 Å². The molecule has 194 valence electrons. The molecular formula is C24H35N3O8. The van der Waals surface area contributed by atoms with Gasteiger partial charge in [-0.25, -0.2) is 4.79 Å². The van der Waals surface area contributed by atoms with Gasteiger partial charge in [-0.1, -0.05) is 13.8 Å². The Labute approximate surface area is 205 Å². The Morgan fingerprint density at radius 2 is 1.63 bits per heavy atom. The number of rotatable bonds is 11. The topological polar surface area (TPSA) is 130 Å². The second-order valence-electron chi connectivity index (χ2n) is 9.14. The zero-order chi connectivity index (χ0) is 25.7. The number of nitrogens with one attached hydrogen (secondary N) is 1. The first-order valence-electron chi connectivity index (χ1n) is 11.7. The van der Waals surface area contributed by atoms with E-state index in [0.717, 1.165) is 5.56 Å². The van der Waals surface area contributed by atoms with E-state index in [1.54, 1.807) is 26.2 Å². The molecule has 2 aliphatic rings. The van der Waals surface area contributed by atoms with Crippen molar-refractivity contribution in [2.45, 2.75) is 45.1 Å². The highest BCUT2D eigenvalue weighted by Crippen LogP contribution is 2.38. The van der Waals surface area contributed by atoms with Crippen molar-refractivity contribution >= 4 is 17.8 Å². The number of carboxylic acid groups (broad SMARTS) is 1. The van der Waals surface area contributed by atoms with Crippen LogP contribution in [0.1, 0.15) is 25.8 Å². The van der Waals surface area contributed by atoms with Gasteiger partial charge in [-0.2, -0.15) is 0 Å². The molecule has 1 aromatic rings. The molecule has 3 atom stereocenters. The summed E-state index contributed by atoms with van der Waals surface area (Å²) in [5.74, 6) is -0.00961. The molecule has 35 heavy (non-hydrogen) atoms. The molecule has 3 rings (SSSR count). The van der Waals surface area contributed by atoms with E-state index in [1.165, 1.54) is 0 Å². The summed E-state index contributed by atoms with van der Waals surface area (Å²) in [6, 6.07) is 3.11. The van der Waals surface area contributed by atoms with Gasteiger partial charge in [0.2, 0.25) is 11.7 Å².